The molecule has 3 heterocycles. The van der Waals surface area contributed by atoms with E-state index in [-0.39, 0.29) is 0 Å². The number of hydrogen-bond donors (Lipinski definition) is 0. The summed E-state index contributed by atoms with van der Waals surface area (Å²) in [7, 11) is 0. The second-order valence-electron chi connectivity index (χ2n) is 5.92. The van der Waals surface area contributed by atoms with E-state index in [0.717, 1.165) is 37.8 Å². The lowest BCUT2D eigenvalue weighted by Gasteiger charge is -2.39. The Hall–Kier alpha value is -0.870. The van der Waals surface area contributed by atoms with E-state index in [0.29, 0.717) is 5.41 Å². The average Bonchev–Trinajstić information content (AvgIpc) is 2.92. The van der Waals surface area contributed by atoms with Gasteiger partial charge < -0.3 is 9.26 Å². The zero-order chi connectivity index (χ0) is 12.6. The quantitative estimate of drug-likeness (QED) is 0.807. The van der Waals surface area contributed by atoms with Crippen LogP contribution >= 0.6 is 0 Å². The fraction of sp³-hybridized carbons (Fsp3) is 0.786. The van der Waals surface area contributed by atoms with Crippen LogP contribution in [0, 0.1) is 19.3 Å². The Morgan fingerprint density at radius 1 is 1.33 bits per heavy atom. The summed E-state index contributed by atoms with van der Waals surface area (Å²) in [6.07, 6.45) is 3.84. The number of aromatic nitrogens is 1. The smallest absolute Gasteiger partial charge is 0.138 e. The molecule has 100 valence electrons. The van der Waals surface area contributed by atoms with Crippen molar-refractivity contribution in [1.29, 1.82) is 0 Å². The lowest BCUT2D eigenvalue weighted by Crippen LogP contribution is -2.43. The molecule has 1 spiro atoms. The Morgan fingerprint density at radius 3 is 2.89 bits per heavy atom. The molecule has 1 unspecified atom stereocenters. The number of likely N-dealkylation sites (tertiary alicyclic amines) is 1. The Labute approximate surface area is 108 Å². The van der Waals surface area contributed by atoms with Gasteiger partial charge in [-0.2, -0.15) is 0 Å². The van der Waals surface area contributed by atoms with E-state index >= 15 is 0 Å². The first-order valence-electron chi connectivity index (χ1n) is 6.90. The van der Waals surface area contributed by atoms with E-state index in [9.17, 15) is 0 Å². The normalized spacial score (nSPS) is 29.2. The highest BCUT2D eigenvalue weighted by Crippen LogP contribution is 2.38. The first-order chi connectivity index (χ1) is 8.69. The zero-order valence-corrected chi connectivity index (χ0v) is 11.4. The van der Waals surface area contributed by atoms with Gasteiger partial charge in [-0.05, 0) is 39.7 Å². The van der Waals surface area contributed by atoms with E-state index in [2.05, 4.69) is 10.1 Å². The van der Waals surface area contributed by atoms with Gasteiger partial charge in [-0.15, -0.1) is 0 Å². The maximum absolute atomic E-state index is 5.61. The van der Waals surface area contributed by atoms with Gasteiger partial charge >= 0.3 is 0 Å². The lowest BCUT2D eigenvalue weighted by molar-refractivity contribution is 0.0642. The number of ether oxygens (including phenoxy) is 1. The third-order valence-electron chi connectivity index (χ3n) is 4.49. The van der Waals surface area contributed by atoms with Crippen molar-refractivity contribution in [2.45, 2.75) is 39.7 Å². The van der Waals surface area contributed by atoms with Crippen molar-refractivity contribution in [3.05, 3.63) is 17.0 Å². The molecule has 0 saturated carbocycles. The van der Waals surface area contributed by atoms with Crippen LogP contribution in [0.2, 0.25) is 0 Å². The van der Waals surface area contributed by atoms with Gasteiger partial charge in [-0.1, -0.05) is 5.16 Å². The molecule has 4 nitrogen and oxygen atoms in total. The van der Waals surface area contributed by atoms with E-state index in [4.69, 9.17) is 9.26 Å². The Balaban J connectivity index is 1.70. The minimum atomic E-state index is 0.428. The summed E-state index contributed by atoms with van der Waals surface area (Å²) < 4.78 is 10.9. The van der Waals surface area contributed by atoms with Crippen molar-refractivity contribution >= 4 is 0 Å². The SMILES string of the molecule is Cc1noc(C)c1CN1CCCC2(CCOC2)C1. The van der Waals surface area contributed by atoms with Gasteiger partial charge in [0.25, 0.3) is 0 Å². The van der Waals surface area contributed by atoms with E-state index < -0.39 is 0 Å². The summed E-state index contributed by atoms with van der Waals surface area (Å²) in [4.78, 5) is 2.55. The van der Waals surface area contributed by atoms with Crippen LogP contribution in [0.25, 0.3) is 0 Å². The Bertz CT molecular complexity index is 402. The summed E-state index contributed by atoms with van der Waals surface area (Å²) in [5, 5.41) is 4.04. The number of aryl methyl sites for hydroxylation is 2. The molecular formula is C14H22N2O2. The lowest BCUT2D eigenvalue weighted by atomic mass is 9.79. The first-order valence-corrected chi connectivity index (χ1v) is 6.90. The zero-order valence-electron chi connectivity index (χ0n) is 11.4. The highest BCUT2D eigenvalue weighted by molar-refractivity contribution is 5.20. The largest absolute Gasteiger partial charge is 0.381 e. The second-order valence-corrected chi connectivity index (χ2v) is 5.92. The van der Waals surface area contributed by atoms with E-state index in [1.54, 1.807) is 0 Å². The molecular weight excluding hydrogens is 228 g/mol. The minimum absolute atomic E-state index is 0.428. The maximum atomic E-state index is 5.61. The Kier molecular flexibility index (Phi) is 3.16. The maximum Gasteiger partial charge on any atom is 0.138 e. The van der Waals surface area contributed by atoms with Crippen LogP contribution in [-0.2, 0) is 11.3 Å². The molecule has 2 aliphatic heterocycles. The molecule has 0 N–H and O–H groups in total. The van der Waals surface area contributed by atoms with Crippen LogP contribution in [0.15, 0.2) is 4.52 Å². The molecule has 2 aliphatic rings. The second kappa shape index (κ2) is 4.67. The van der Waals surface area contributed by atoms with Crippen molar-refractivity contribution in [3.8, 4) is 0 Å². The van der Waals surface area contributed by atoms with Crippen LogP contribution in [0.5, 0.6) is 0 Å². The highest BCUT2D eigenvalue weighted by atomic mass is 16.5. The van der Waals surface area contributed by atoms with Crippen molar-refractivity contribution in [2.24, 2.45) is 5.41 Å². The van der Waals surface area contributed by atoms with Crippen LogP contribution in [0.1, 0.15) is 36.3 Å². The summed E-state index contributed by atoms with van der Waals surface area (Å²) in [5.41, 5.74) is 2.73. The van der Waals surface area contributed by atoms with Gasteiger partial charge in [0, 0.05) is 30.7 Å². The molecule has 1 aromatic heterocycles. The molecule has 0 aromatic carbocycles. The molecule has 0 bridgehead atoms. The monoisotopic (exact) mass is 250 g/mol. The van der Waals surface area contributed by atoms with Gasteiger partial charge in [0.2, 0.25) is 0 Å². The number of nitrogens with zero attached hydrogens (tertiary/aromatic N) is 2. The minimum Gasteiger partial charge on any atom is -0.381 e. The predicted octanol–water partition coefficient (Wildman–Crippen LogP) is 2.29. The Morgan fingerprint density at radius 2 is 2.22 bits per heavy atom. The van der Waals surface area contributed by atoms with Crippen molar-refractivity contribution in [3.63, 3.8) is 0 Å². The van der Waals surface area contributed by atoms with Gasteiger partial charge in [-0.3, -0.25) is 4.90 Å². The van der Waals surface area contributed by atoms with Crippen molar-refractivity contribution in [2.75, 3.05) is 26.3 Å². The molecule has 0 amide bonds. The molecule has 1 atom stereocenters. The molecule has 2 fully saturated rings. The molecule has 2 saturated heterocycles. The summed E-state index contributed by atoms with van der Waals surface area (Å²) in [6.45, 7) is 9.26. The van der Waals surface area contributed by atoms with Gasteiger partial charge in [0.1, 0.15) is 5.76 Å². The molecule has 18 heavy (non-hydrogen) atoms. The third-order valence-corrected chi connectivity index (χ3v) is 4.49. The molecule has 4 heteroatoms. The fourth-order valence-corrected chi connectivity index (χ4v) is 3.37. The fourth-order valence-electron chi connectivity index (χ4n) is 3.37. The number of piperidine rings is 1. The first kappa shape index (κ1) is 12.2. The van der Waals surface area contributed by atoms with Crippen LogP contribution in [0.3, 0.4) is 0 Å². The highest BCUT2D eigenvalue weighted by Gasteiger charge is 2.39. The van der Waals surface area contributed by atoms with Crippen LogP contribution in [0.4, 0.5) is 0 Å². The van der Waals surface area contributed by atoms with Crippen LogP contribution < -0.4 is 0 Å². The number of hydrogen-bond acceptors (Lipinski definition) is 4. The van der Waals surface area contributed by atoms with Gasteiger partial charge in [0.05, 0.1) is 12.3 Å². The van der Waals surface area contributed by atoms with Crippen LogP contribution in [-0.4, -0.2) is 36.4 Å². The van der Waals surface area contributed by atoms with E-state index in [1.165, 1.54) is 31.4 Å². The predicted molar refractivity (Wildman–Crippen MR) is 68.4 cm³/mol. The van der Waals surface area contributed by atoms with E-state index in [1.807, 2.05) is 13.8 Å². The molecule has 0 aliphatic carbocycles. The number of rotatable bonds is 2. The van der Waals surface area contributed by atoms with Gasteiger partial charge in [0.15, 0.2) is 0 Å². The van der Waals surface area contributed by atoms with Gasteiger partial charge in [-0.25, -0.2) is 0 Å². The topological polar surface area (TPSA) is 38.5 Å². The average molecular weight is 250 g/mol. The molecule has 3 rings (SSSR count). The third kappa shape index (κ3) is 2.19. The summed E-state index contributed by atoms with van der Waals surface area (Å²) in [5.74, 6) is 0.967. The summed E-state index contributed by atoms with van der Waals surface area (Å²) >= 11 is 0. The molecule has 0 radical (unpaired) electrons. The van der Waals surface area contributed by atoms with Crippen molar-refractivity contribution < 1.29 is 9.26 Å². The summed E-state index contributed by atoms with van der Waals surface area (Å²) in [6, 6.07) is 0. The van der Waals surface area contributed by atoms with Crippen molar-refractivity contribution in [1.82, 2.24) is 10.1 Å². The molecule has 1 aromatic rings. The standard InChI is InChI=1S/C14H22N2O2/c1-11-13(12(2)18-15-11)8-16-6-3-4-14(9-16)5-7-17-10-14/h3-10H2,1-2H3.